The molecule has 0 radical (unpaired) electrons. The molecule has 30 heavy (non-hydrogen) atoms. The summed E-state index contributed by atoms with van der Waals surface area (Å²) < 4.78 is 26.3. The zero-order valence-corrected chi connectivity index (χ0v) is 19.0. The van der Waals surface area contributed by atoms with E-state index in [4.69, 9.17) is 4.98 Å². The summed E-state index contributed by atoms with van der Waals surface area (Å²) >= 11 is 1.67. The minimum Gasteiger partial charge on any atom is -0.345 e. The molecule has 1 aliphatic rings. The van der Waals surface area contributed by atoms with Crippen molar-refractivity contribution in [2.75, 3.05) is 36.8 Å². The Bertz CT molecular complexity index is 1190. The second kappa shape index (κ2) is 8.00. The van der Waals surface area contributed by atoms with Gasteiger partial charge in [0.05, 0.1) is 15.1 Å². The maximum Gasteiger partial charge on any atom is 0.238 e. The summed E-state index contributed by atoms with van der Waals surface area (Å²) in [6, 6.07) is 10.9. The van der Waals surface area contributed by atoms with Crippen molar-refractivity contribution in [1.29, 1.82) is 0 Å². The number of benzene rings is 2. The van der Waals surface area contributed by atoms with E-state index in [2.05, 4.69) is 30.9 Å². The van der Waals surface area contributed by atoms with Gasteiger partial charge in [-0.25, -0.2) is 13.4 Å². The number of aromatic nitrogens is 1. The summed E-state index contributed by atoms with van der Waals surface area (Å²) in [6.07, 6.45) is 0. The average molecular weight is 444 g/mol. The third kappa shape index (κ3) is 4.20. The van der Waals surface area contributed by atoms with Gasteiger partial charge in [0.15, 0.2) is 15.0 Å². The Morgan fingerprint density at radius 2 is 1.67 bits per heavy atom. The highest BCUT2D eigenvalue weighted by molar-refractivity contribution is 7.92. The second-order valence-corrected chi connectivity index (χ2v) is 10.8. The van der Waals surface area contributed by atoms with Crippen molar-refractivity contribution in [1.82, 2.24) is 9.88 Å². The standard InChI is InChI=1S/C22H25N3O3S2/c1-15-4-6-18(7-5-15)30(27,28)14-20(26)24-8-10-25(11-9-24)22-23-19-13-16(2)12-17(3)21(19)29-22/h4-7,12-13H,8-11,14H2,1-3H3. The van der Waals surface area contributed by atoms with Gasteiger partial charge in [-0.05, 0) is 50.1 Å². The normalized spacial score (nSPS) is 15.0. The van der Waals surface area contributed by atoms with Gasteiger partial charge in [-0.1, -0.05) is 35.1 Å². The Morgan fingerprint density at radius 3 is 2.33 bits per heavy atom. The molecular formula is C22H25N3O3S2. The van der Waals surface area contributed by atoms with Crippen LogP contribution in [0.5, 0.6) is 0 Å². The molecule has 0 unspecified atom stereocenters. The lowest BCUT2D eigenvalue weighted by Crippen LogP contribution is -2.50. The molecule has 1 fully saturated rings. The first-order chi connectivity index (χ1) is 14.2. The van der Waals surface area contributed by atoms with Gasteiger partial charge in [0.25, 0.3) is 0 Å². The Hall–Kier alpha value is -2.45. The van der Waals surface area contributed by atoms with Crippen molar-refractivity contribution in [3.05, 3.63) is 53.1 Å². The first-order valence-corrected chi connectivity index (χ1v) is 12.4. The van der Waals surface area contributed by atoms with Crippen LogP contribution in [0.25, 0.3) is 10.2 Å². The van der Waals surface area contributed by atoms with Gasteiger partial charge >= 0.3 is 0 Å². The van der Waals surface area contributed by atoms with Crippen LogP contribution in [-0.2, 0) is 14.6 Å². The molecule has 0 N–H and O–H groups in total. The number of thiazole rings is 1. The molecule has 8 heteroatoms. The number of amides is 1. The fourth-order valence-corrected chi connectivity index (χ4v) is 6.02. The smallest absolute Gasteiger partial charge is 0.238 e. The lowest BCUT2D eigenvalue weighted by atomic mass is 10.1. The van der Waals surface area contributed by atoms with Crippen molar-refractivity contribution >= 4 is 42.4 Å². The van der Waals surface area contributed by atoms with Crippen LogP contribution in [0.2, 0.25) is 0 Å². The SMILES string of the molecule is Cc1ccc(S(=O)(=O)CC(=O)N2CCN(c3nc4cc(C)cc(C)c4s3)CC2)cc1. The molecule has 0 spiro atoms. The second-order valence-electron chi connectivity index (χ2n) is 7.87. The highest BCUT2D eigenvalue weighted by Gasteiger charge is 2.27. The molecule has 0 bridgehead atoms. The molecule has 1 saturated heterocycles. The summed E-state index contributed by atoms with van der Waals surface area (Å²) in [7, 11) is -3.63. The number of nitrogens with zero attached hydrogens (tertiary/aromatic N) is 3. The molecule has 0 aliphatic carbocycles. The molecule has 0 atom stereocenters. The number of aryl methyl sites for hydroxylation is 3. The van der Waals surface area contributed by atoms with Crippen LogP contribution in [0.1, 0.15) is 16.7 Å². The van der Waals surface area contributed by atoms with E-state index in [0.29, 0.717) is 26.2 Å². The maximum absolute atomic E-state index is 12.6. The Labute approximate surface area is 181 Å². The van der Waals surface area contributed by atoms with E-state index >= 15 is 0 Å². The summed E-state index contributed by atoms with van der Waals surface area (Å²) in [5.74, 6) is -0.832. The number of rotatable bonds is 4. The van der Waals surface area contributed by atoms with Gasteiger partial charge in [0, 0.05) is 26.2 Å². The number of sulfone groups is 1. The monoisotopic (exact) mass is 443 g/mol. The number of anilines is 1. The summed E-state index contributed by atoms with van der Waals surface area (Å²) in [6.45, 7) is 8.35. The molecule has 1 amide bonds. The number of carbonyl (C=O) groups excluding carboxylic acids is 1. The predicted molar refractivity (Wildman–Crippen MR) is 121 cm³/mol. The Balaban J connectivity index is 1.41. The summed E-state index contributed by atoms with van der Waals surface area (Å²) in [4.78, 5) is 21.4. The van der Waals surface area contributed by atoms with Crippen LogP contribution in [0.4, 0.5) is 5.13 Å². The van der Waals surface area contributed by atoms with Crippen LogP contribution < -0.4 is 4.90 Å². The molecule has 1 aromatic heterocycles. The minimum absolute atomic E-state index is 0.195. The third-order valence-corrected chi connectivity index (χ3v) is 8.29. The van der Waals surface area contributed by atoms with Crippen molar-refractivity contribution < 1.29 is 13.2 Å². The Kier molecular flexibility index (Phi) is 5.55. The van der Waals surface area contributed by atoms with Crippen molar-refractivity contribution in [3.8, 4) is 0 Å². The number of hydrogen-bond acceptors (Lipinski definition) is 6. The number of fused-ring (bicyclic) bond motifs is 1. The number of piperazine rings is 1. The van der Waals surface area contributed by atoms with Gasteiger partial charge in [-0.15, -0.1) is 0 Å². The van der Waals surface area contributed by atoms with E-state index in [-0.39, 0.29) is 10.8 Å². The first-order valence-electron chi connectivity index (χ1n) is 9.93. The van der Waals surface area contributed by atoms with E-state index in [1.165, 1.54) is 15.8 Å². The first kappa shape index (κ1) is 20.8. The fraction of sp³-hybridized carbons (Fsp3) is 0.364. The number of carbonyl (C=O) groups is 1. The van der Waals surface area contributed by atoms with Crippen LogP contribution in [-0.4, -0.2) is 56.1 Å². The lowest BCUT2D eigenvalue weighted by molar-refractivity contribution is -0.128. The van der Waals surface area contributed by atoms with Crippen LogP contribution in [0, 0.1) is 20.8 Å². The van der Waals surface area contributed by atoms with Crippen LogP contribution >= 0.6 is 11.3 Å². The van der Waals surface area contributed by atoms with Gasteiger partial charge in [-0.3, -0.25) is 4.79 Å². The molecule has 2 aromatic carbocycles. The molecule has 4 rings (SSSR count). The van der Waals surface area contributed by atoms with E-state index in [1.807, 2.05) is 6.92 Å². The van der Waals surface area contributed by atoms with E-state index < -0.39 is 15.6 Å². The highest BCUT2D eigenvalue weighted by atomic mass is 32.2. The largest absolute Gasteiger partial charge is 0.345 e. The van der Waals surface area contributed by atoms with Gasteiger partial charge in [-0.2, -0.15) is 0 Å². The fourth-order valence-electron chi connectivity index (χ4n) is 3.73. The van der Waals surface area contributed by atoms with Crippen molar-refractivity contribution in [2.45, 2.75) is 25.7 Å². The molecule has 1 aliphatic heterocycles. The number of hydrogen-bond donors (Lipinski definition) is 0. The van der Waals surface area contributed by atoms with Gasteiger partial charge in [0.1, 0.15) is 5.75 Å². The Morgan fingerprint density at radius 1 is 1.00 bits per heavy atom. The van der Waals surface area contributed by atoms with Gasteiger partial charge in [0.2, 0.25) is 5.91 Å². The molecule has 6 nitrogen and oxygen atoms in total. The molecule has 158 valence electrons. The summed E-state index contributed by atoms with van der Waals surface area (Å²) in [5.41, 5.74) is 4.41. The van der Waals surface area contributed by atoms with E-state index in [0.717, 1.165) is 16.2 Å². The highest BCUT2D eigenvalue weighted by Crippen LogP contribution is 2.32. The minimum atomic E-state index is -3.63. The molecule has 0 saturated carbocycles. The zero-order valence-electron chi connectivity index (χ0n) is 17.4. The maximum atomic E-state index is 12.6. The molecular weight excluding hydrogens is 418 g/mol. The quantitative estimate of drug-likeness (QED) is 0.619. The zero-order chi connectivity index (χ0) is 21.5. The third-order valence-electron chi connectivity index (χ3n) is 5.41. The lowest BCUT2D eigenvalue weighted by Gasteiger charge is -2.34. The van der Waals surface area contributed by atoms with E-state index in [9.17, 15) is 13.2 Å². The van der Waals surface area contributed by atoms with Crippen molar-refractivity contribution in [3.63, 3.8) is 0 Å². The molecule has 2 heterocycles. The van der Waals surface area contributed by atoms with Crippen LogP contribution in [0.15, 0.2) is 41.3 Å². The van der Waals surface area contributed by atoms with Crippen LogP contribution in [0.3, 0.4) is 0 Å². The topological polar surface area (TPSA) is 70.6 Å². The predicted octanol–water partition coefficient (Wildman–Crippen LogP) is 3.34. The summed E-state index contributed by atoms with van der Waals surface area (Å²) in [5, 5.41) is 0.957. The van der Waals surface area contributed by atoms with Crippen molar-refractivity contribution in [2.24, 2.45) is 0 Å². The molecule has 3 aromatic rings. The van der Waals surface area contributed by atoms with E-state index in [1.54, 1.807) is 40.5 Å². The average Bonchev–Trinajstić information content (AvgIpc) is 3.12. The van der Waals surface area contributed by atoms with Gasteiger partial charge < -0.3 is 9.80 Å².